The molecule has 0 unspecified atom stereocenters. The summed E-state index contributed by atoms with van der Waals surface area (Å²) in [5.41, 5.74) is 5.73. The van der Waals surface area contributed by atoms with Crippen molar-refractivity contribution in [3.8, 4) is 0 Å². The van der Waals surface area contributed by atoms with E-state index in [4.69, 9.17) is 10.8 Å². The van der Waals surface area contributed by atoms with E-state index in [2.05, 4.69) is 4.98 Å². The fourth-order valence-corrected chi connectivity index (χ4v) is 2.96. The second-order valence-corrected chi connectivity index (χ2v) is 6.54. The van der Waals surface area contributed by atoms with Crippen molar-refractivity contribution in [1.82, 2.24) is 9.55 Å². The summed E-state index contributed by atoms with van der Waals surface area (Å²) in [6, 6.07) is 0. The molecule has 0 fully saturated rings. The monoisotopic (exact) mass is 299 g/mol. The predicted molar refractivity (Wildman–Crippen MR) is 77.8 cm³/mol. The molecule has 0 aliphatic carbocycles. The summed E-state index contributed by atoms with van der Waals surface area (Å²) in [5, 5.41) is 9.40. The molecular weight excluding hydrogens is 278 g/mol. The van der Waals surface area contributed by atoms with E-state index < -0.39 is 17.4 Å². The first-order chi connectivity index (χ1) is 9.15. The number of carbonyl (C=O) groups excluding carboxylic acids is 1. The molecule has 0 atom stereocenters. The molecule has 0 bridgehead atoms. The summed E-state index contributed by atoms with van der Waals surface area (Å²) >= 11 is 1.15. The maximum Gasteiger partial charge on any atom is 0.313 e. The summed E-state index contributed by atoms with van der Waals surface area (Å²) in [6.45, 7) is 7.85. The Morgan fingerprint density at radius 3 is 2.55 bits per heavy atom. The van der Waals surface area contributed by atoms with Crippen LogP contribution < -0.4 is 5.73 Å². The van der Waals surface area contributed by atoms with Gasteiger partial charge in [0.1, 0.15) is 0 Å². The summed E-state index contributed by atoms with van der Waals surface area (Å²) < 4.78 is 1.93. The Hall–Kier alpha value is -1.50. The van der Waals surface area contributed by atoms with Crippen molar-refractivity contribution >= 4 is 23.6 Å². The molecule has 0 aliphatic heterocycles. The number of amides is 1. The Morgan fingerprint density at radius 2 is 2.10 bits per heavy atom. The number of nitrogens with zero attached hydrogens (tertiary/aromatic N) is 2. The predicted octanol–water partition coefficient (Wildman–Crippen LogP) is 1.79. The Balaban J connectivity index is 3.20. The van der Waals surface area contributed by atoms with Gasteiger partial charge in [0.2, 0.25) is 5.91 Å². The number of aliphatic carboxylic acids is 1. The van der Waals surface area contributed by atoms with E-state index in [9.17, 15) is 9.59 Å². The maximum absolute atomic E-state index is 11.3. The molecule has 1 rings (SSSR count). The van der Waals surface area contributed by atoms with E-state index in [1.54, 1.807) is 6.20 Å². The number of carbonyl (C=O) groups is 2. The normalized spacial score (nSPS) is 11.8. The molecule has 1 aromatic heterocycles. The van der Waals surface area contributed by atoms with Gasteiger partial charge in [0.25, 0.3) is 0 Å². The second-order valence-electron chi connectivity index (χ2n) is 5.59. The Bertz CT molecular complexity index is 509. The van der Waals surface area contributed by atoms with Gasteiger partial charge in [0.05, 0.1) is 5.75 Å². The average Bonchev–Trinajstić information content (AvgIpc) is 2.68. The Morgan fingerprint density at radius 1 is 1.50 bits per heavy atom. The molecule has 0 radical (unpaired) electrons. The average molecular weight is 299 g/mol. The summed E-state index contributed by atoms with van der Waals surface area (Å²) in [4.78, 5) is 26.3. The molecule has 1 aromatic rings. The smallest absolute Gasteiger partial charge is 0.313 e. The lowest BCUT2D eigenvalue weighted by Gasteiger charge is -2.30. The summed E-state index contributed by atoms with van der Waals surface area (Å²) in [5.74, 6) is -1.15. The molecule has 20 heavy (non-hydrogen) atoms. The number of carboxylic acid groups (broad SMARTS) is 1. The molecule has 0 saturated carbocycles. The van der Waals surface area contributed by atoms with Crippen LogP contribution in [0.4, 0.5) is 0 Å². The number of hydrogen-bond donors (Lipinski definition) is 2. The lowest BCUT2D eigenvalue weighted by atomic mass is 9.98. The van der Waals surface area contributed by atoms with E-state index in [1.165, 1.54) is 0 Å². The van der Waals surface area contributed by atoms with Crippen molar-refractivity contribution in [2.75, 3.05) is 5.75 Å². The van der Waals surface area contributed by atoms with Crippen LogP contribution >= 0.6 is 11.8 Å². The highest BCUT2D eigenvalue weighted by atomic mass is 32.2. The molecule has 7 heteroatoms. The van der Waals surface area contributed by atoms with Crippen molar-refractivity contribution in [3.63, 3.8) is 0 Å². The summed E-state index contributed by atoms with van der Waals surface area (Å²) in [6.07, 6.45) is 1.90. The highest BCUT2D eigenvalue weighted by Crippen LogP contribution is 2.32. The number of rotatable bonds is 7. The Kier molecular flexibility index (Phi) is 5.21. The number of hydrogen-bond acceptors (Lipinski definition) is 4. The third-order valence-corrected chi connectivity index (χ3v) is 3.82. The van der Waals surface area contributed by atoms with Crippen LogP contribution in [-0.2, 0) is 15.1 Å². The minimum Gasteiger partial charge on any atom is -0.481 e. The van der Waals surface area contributed by atoms with Gasteiger partial charge in [-0.15, -0.1) is 0 Å². The number of thioether (sulfide) groups is 1. The zero-order valence-electron chi connectivity index (χ0n) is 12.2. The van der Waals surface area contributed by atoms with Gasteiger partial charge in [-0.3, -0.25) is 9.59 Å². The van der Waals surface area contributed by atoms with Gasteiger partial charge >= 0.3 is 5.97 Å². The van der Waals surface area contributed by atoms with E-state index in [0.717, 1.165) is 17.5 Å². The third-order valence-electron chi connectivity index (χ3n) is 2.89. The van der Waals surface area contributed by atoms with Gasteiger partial charge in [0, 0.05) is 23.9 Å². The fourth-order valence-electron chi connectivity index (χ4n) is 2.10. The van der Waals surface area contributed by atoms with Crippen LogP contribution in [0.2, 0.25) is 0 Å². The SMILES string of the molecule is CC(C)c1cnc(SCC(=O)O)n1C(C)(C)CC(N)=O. The van der Waals surface area contributed by atoms with E-state index in [1.807, 2.05) is 32.3 Å². The van der Waals surface area contributed by atoms with Crippen molar-refractivity contribution < 1.29 is 14.7 Å². The van der Waals surface area contributed by atoms with Crippen molar-refractivity contribution in [2.24, 2.45) is 5.73 Å². The molecule has 112 valence electrons. The van der Waals surface area contributed by atoms with Crippen LogP contribution in [0.15, 0.2) is 11.4 Å². The van der Waals surface area contributed by atoms with Crippen molar-refractivity contribution in [1.29, 1.82) is 0 Å². The van der Waals surface area contributed by atoms with Crippen molar-refractivity contribution in [3.05, 3.63) is 11.9 Å². The number of imidazole rings is 1. The zero-order valence-corrected chi connectivity index (χ0v) is 13.0. The number of carboxylic acids is 1. The van der Waals surface area contributed by atoms with Crippen LogP contribution in [-0.4, -0.2) is 32.3 Å². The minimum atomic E-state index is -0.900. The quantitative estimate of drug-likeness (QED) is 0.748. The van der Waals surface area contributed by atoms with Crippen LogP contribution in [0.1, 0.15) is 45.7 Å². The summed E-state index contributed by atoms with van der Waals surface area (Å²) in [7, 11) is 0. The number of aromatic nitrogens is 2. The first-order valence-corrected chi connectivity index (χ1v) is 7.34. The largest absolute Gasteiger partial charge is 0.481 e. The molecule has 0 saturated heterocycles. The van der Waals surface area contributed by atoms with Gasteiger partial charge in [-0.25, -0.2) is 4.98 Å². The molecular formula is C13H21N3O3S. The standard InChI is InChI=1S/C13H21N3O3S/c1-8(2)9-6-15-12(20-7-11(18)19)16(9)13(3,4)5-10(14)17/h6,8H,5,7H2,1-4H3,(H2,14,17)(H,18,19). The minimum absolute atomic E-state index is 0.0683. The third kappa shape index (κ3) is 4.00. The van der Waals surface area contributed by atoms with Crippen LogP contribution in [0.3, 0.4) is 0 Å². The van der Waals surface area contributed by atoms with Crippen molar-refractivity contribution in [2.45, 2.75) is 50.7 Å². The van der Waals surface area contributed by atoms with E-state index in [0.29, 0.717) is 5.16 Å². The molecule has 1 amide bonds. The lowest BCUT2D eigenvalue weighted by Crippen LogP contribution is -2.34. The number of nitrogens with two attached hydrogens (primary N) is 1. The molecule has 0 aliphatic rings. The lowest BCUT2D eigenvalue weighted by molar-refractivity contribution is -0.134. The van der Waals surface area contributed by atoms with Gasteiger partial charge in [-0.1, -0.05) is 25.6 Å². The highest BCUT2D eigenvalue weighted by molar-refractivity contribution is 7.99. The fraction of sp³-hybridized carbons (Fsp3) is 0.615. The number of primary amides is 1. The van der Waals surface area contributed by atoms with E-state index >= 15 is 0 Å². The molecule has 0 spiro atoms. The zero-order chi connectivity index (χ0) is 15.5. The van der Waals surface area contributed by atoms with Gasteiger partial charge in [0.15, 0.2) is 5.16 Å². The Labute approximate surface area is 122 Å². The van der Waals surface area contributed by atoms with Crippen LogP contribution in [0.5, 0.6) is 0 Å². The second kappa shape index (κ2) is 6.30. The molecule has 1 heterocycles. The van der Waals surface area contributed by atoms with Gasteiger partial charge in [-0.2, -0.15) is 0 Å². The highest BCUT2D eigenvalue weighted by Gasteiger charge is 2.29. The first-order valence-electron chi connectivity index (χ1n) is 6.36. The van der Waals surface area contributed by atoms with E-state index in [-0.39, 0.29) is 18.1 Å². The molecule has 0 aromatic carbocycles. The van der Waals surface area contributed by atoms with Crippen LogP contribution in [0.25, 0.3) is 0 Å². The molecule has 3 N–H and O–H groups in total. The first kappa shape index (κ1) is 16.6. The van der Waals surface area contributed by atoms with Crippen LogP contribution in [0, 0.1) is 0 Å². The van der Waals surface area contributed by atoms with Gasteiger partial charge in [-0.05, 0) is 19.8 Å². The molecule has 6 nitrogen and oxygen atoms in total. The van der Waals surface area contributed by atoms with Gasteiger partial charge < -0.3 is 15.4 Å². The topological polar surface area (TPSA) is 98.2 Å². The maximum atomic E-state index is 11.3.